The smallest absolute Gasteiger partial charge is 0.228 e. The van der Waals surface area contributed by atoms with E-state index in [1.54, 1.807) is 6.92 Å². The van der Waals surface area contributed by atoms with Gasteiger partial charge >= 0.3 is 0 Å². The number of aliphatic carboxylic acids is 1. The summed E-state index contributed by atoms with van der Waals surface area (Å²) < 4.78 is 12.9. The topological polar surface area (TPSA) is 69.2 Å². The molecule has 1 N–H and O–H groups in total. The van der Waals surface area contributed by atoms with Crippen LogP contribution in [0.4, 0.5) is 10.1 Å². The molecule has 0 saturated carbocycles. The maximum absolute atomic E-state index is 12.9. The van der Waals surface area contributed by atoms with Crippen LogP contribution in [0.25, 0.3) is 0 Å². The van der Waals surface area contributed by atoms with Crippen molar-refractivity contribution < 1.29 is 19.1 Å². The van der Waals surface area contributed by atoms with E-state index < -0.39 is 23.6 Å². The molecule has 23 heavy (non-hydrogen) atoms. The molecule has 1 amide bonds. The quantitative estimate of drug-likeness (QED) is 0.889. The first-order chi connectivity index (χ1) is 11.0. The highest BCUT2D eigenvalue weighted by Gasteiger charge is 2.26. The highest BCUT2D eigenvalue weighted by Crippen LogP contribution is 2.28. The molecule has 2 aromatic rings. The average molecular weight is 314 g/mol. The second kappa shape index (κ2) is 7.54. The minimum atomic E-state index is -1.29. The van der Waals surface area contributed by atoms with Crippen molar-refractivity contribution in [2.24, 2.45) is 5.92 Å². The molecule has 0 aliphatic carbocycles. The number of carbonyl (C=O) groups is 2. The summed E-state index contributed by atoms with van der Waals surface area (Å²) in [5.41, 5.74) is 1.29. The predicted octanol–water partition coefficient (Wildman–Crippen LogP) is 2.32. The fourth-order valence-electron chi connectivity index (χ4n) is 2.43. The van der Waals surface area contributed by atoms with E-state index in [2.05, 4.69) is 5.32 Å². The van der Waals surface area contributed by atoms with Gasteiger partial charge < -0.3 is 15.2 Å². The van der Waals surface area contributed by atoms with Crippen LogP contribution in [-0.4, -0.2) is 11.9 Å². The summed E-state index contributed by atoms with van der Waals surface area (Å²) in [6.45, 7) is 1.80. The van der Waals surface area contributed by atoms with E-state index >= 15 is 0 Å². The number of carboxylic acids is 1. The van der Waals surface area contributed by atoms with Gasteiger partial charge in [0.1, 0.15) is 5.82 Å². The summed E-state index contributed by atoms with van der Waals surface area (Å²) in [5, 5.41) is 13.6. The fourth-order valence-corrected chi connectivity index (χ4v) is 2.43. The summed E-state index contributed by atoms with van der Waals surface area (Å²) in [6, 6.07) is 14.5. The molecule has 2 unspecified atom stereocenters. The number of anilines is 1. The molecule has 0 bridgehead atoms. The summed E-state index contributed by atoms with van der Waals surface area (Å²) in [7, 11) is 0. The molecule has 2 rings (SSSR count). The molecule has 2 aromatic carbocycles. The van der Waals surface area contributed by atoms with Crippen LogP contribution in [0.2, 0.25) is 0 Å². The van der Waals surface area contributed by atoms with Crippen LogP contribution in [0.1, 0.15) is 24.8 Å². The first-order valence-electron chi connectivity index (χ1n) is 7.28. The first kappa shape index (κ1) is 16.7. The maximum Gasteiger partial charge on any atom is 0.228 e. The Morgan fingerprint density at radius 2 is 1.70 bits per heavy atom. The molecule has 0 fully saturated rings. The summed E-state index contributed by atoms with van der Waals surface area (Å²) in [5.74, 6) is -3.21. The lowest BCUT2D eigenvalue weighted by Crippen LogP contribution is -2.34. The molecule has 5 heteroatoms. The largest absolute Gasteiger partial charge is 0.550 e. The van der Waals surface area contributed by atoms with Crippen molar-refractivity contribution in [3.8, 4) is 0 Å². The molecule has 4 nitrogen and oxygen atoms in total. The molecule has 0 heterocycles. The minimum Gasteiger partial charge on any atom is -0.550 e. The van der Waals surface area contributed by atoms with Crippen molar-refractivity contribution in [2.75, 3.05) is 5.32 Å². The zero-order chi connectivity index (χ0) is 16.8. The van der Waals surface area contributed by atoms with Crippen LogP contribution in [0, 0.1) is 11.7 Å². The Labute approximate surface area is 134 Å². The molecule has 0 aliphatic rings. The lowest BCUT2D eigenvalue weighted by atomic mass is 9.84. The van der Waals surface area contributed by atoms with Crippen molar-refractivity contribution in [2.45, 2.75) is 19.3 Å². The van der Waals surface area contributed by atoms with Crippen molar-refractivity contribution in [1.82, 2.24) is 0 Å². The second-order valence-electron chi connectivity index (χ2n) is 5.38. The molecule has 0 aliphatic heterocycles. The summed E-state index contributed by atoms with van der Waals surface area (Å²) in [4.78, 5) is 23.5. The Morgan fingerprint density at radius 3 is 2.26 bits per heavy atom. The predicted molar refractivity (Wildman–Crippen MR) is 83.0 cm³/mol. The number of hydrogen-bond acceptors (Lipinski definition) is 3. The van der Waals surface area contributed by atoms with Gasteiger partial charge in [0.15, 0.2) is 0 Å². The average Bonchev–Trinajstić information content (AvgIpc) is 2.54. The third-order valence-corrected chi connectivity index (χ3v) is 3.76. The normalized spacial score (nSPS) is 13.1. The van der Waals surface area contributed by atoms with Gasteiger partial charge in [-0.15, -0.1) is 0 Å². The third-order valence-electron chi connectivity index (χ3n) is 3.76. The minimum absolute atomic E-state index is 0.297. The number of nitrogens with one attached hydrogen (secondary N) is 1. The molecule has 0 aromatic heterocycles. The number of amides is 1. The molecule has 0 radical (unpaired) electrons. The van der Waals surface area contributed by atoms with E-state index in [0.717, 1.165) is 5.56 Å². The Kier molecular flexibility index (Phi) is 5.46. The van der Waals surface area contributed by atoms with Gasteiger partial charge in [-0.2, -0.15) is 0 Å². The van der Waals surface area contributed by atoms with Crippen LogP contribution >= 0.6 is 0 Å². The summed E-state index contributed by atoms with van der Waals surface area (Å²) in [6.07, 6.45) is -0.386. The number of benzene rings is 2. The maximum atomic E-state index is 12.9. The fraction of sp³-hybridized carbons (Fsp3) is 0.222. The Balaban J connectivity index is 2.18. The Hall–Kier alpha value is -2.69. The SMILES string of the molecule is CC(c1ccccc1)C(CC(=O)[O-])C(=O)Nc1ccc(F)cc1. The van der Waals surface area contributed by atoms with Gasteiger partial charge in [0.2, 0.25) is 5.91 Å². The lowest BCUT2D eigenvalue weighted by Gasteiger charge is -2.24. The van der Waals surface area contributed by atoms with Gasteiger partial charge in [-0.1, -0.05) is 37.3 Å². The highest BCUT2D eigenvalue weighted by molar-refractivity contribution is 5.94. The van der Waals surface area contributed by atoms with Crippen molar-refractivity contribution in [1.29, 1.82) is 0 Å². The molecule has 0 spiro atoms. The van der Waals surface area contributed by atoms with Gasteiger partial charge in [0, 0.05) is 11.7 Å². The van der Waals surface area contributed by atoms with Crippen LogP contribution in [0.5, 0.6) is 0 Å². The van der Waals surface area contributed by atoms with Gasteiger partial charge in [-0.25, -0.2) is 4.39 Å². The van der Waals surface area contributed by atoms with E-state index in [1.165, 1.54) is 24.3 Å². The van der Waals surface area contributed by atoms with E-state index in [0.29, 0.717) is 5.69 Å². The Morgan fingerprint density at radius 1 is 1.09 bits per heavy atom. The van der Waals surface area contributed by atoms with Crippen LogP contribution in [-0.2, 0) is 9.59 Å². The summed E-state index contributed by atoms with van der Waals surface area (Å²) >= 11 is 0. The van der Waals surface area contributed by atoms with E-state index in [1.807, 2.05) is 30.3 Å². The lowest BCUT2D eigenvalue weighted by molar-refractivity contribution is -0.306. The van der Waals surface area contributed by atoms with Crippen molar-refractivity contribution in [3.63, 3.8) is 0 Å². The van der Waals surface area contributed by atoms with Gasteiger partial charge in [-0.3, -0.25) is 4.79 Å². The molecule has 120 valence electrons. The van der Waals surface area contributed by atoms with E-state index in [9.17, 15) is 19.1 Å². The molecular formula is C18H17FNO3-. The van der Waals surface area contributed by atoms with E-state index in [4.69, 9.17) is 0 Å². The highest BCUT2D eigenvalue weighted by atomic mass is 19.1. The number of rotatable bonds is 6. The number of hydrogen-bond donors (Lipinski definition) is 1. The molecule has 0 saturated heterocycles. The van der Waals surface area contributed by atoms with Crippen molar-refractivity contribution in [3.05, 3.63) is 66.0 Å². The van der Waals surface area contributed by atoms with Crippen LogP contribution in [0.15, 0.2) is 54.6 Å². The van der Waals surface area contributed by atoms with E-state index in [-0.39, 0.29) is 12.3 Å². The number of halogens is 1. The third kappa shape index (κ3) is 4.64. The number of carboxylic acid groups (broad SMARTS) is 1. The monoisotopic (exact) mass is 314 g/mol. The van der Waals surface area contributed by atoms with Gasteiger partial charge in [0.05, 0.1) is 5.92 Å². The first-order valence-corrected chi connectivity index (χ1v) is 7.28. The molecule has 2 atom stereocenters. The van der Waals surface area contributed by atoms with Gasteiger partial charge in [-0.05, 0) is 42.2 Å². The van der Waals surface area contributed by atoms with Crippen molar-refractivity contribution >= 4 is 17.6 Å². The Bertz CT molecular complexity index is 670. The zero-order valence-electron chi connectivity index (χ0n) is 12.7. The standard InChI is InChI=1S/C18H18FNO3/c1-12(13-5-3-2-4-6-13)16(11-17(21)22)18(23)20-15-9-7-14(19)8-10-15/h2-10,12,16H,11H2,1H3,(H,20,23)(H,21,22)/p-1. The van der Waals surface area contributed by atoms with Crippen LogP contribution < -0.4 is 10.4 Å². The van der Waals surface area contributed by atoms with Gasteiger partial charge in [0.25, 0.3) is 0 Å². The van der Waals surface area contributed by atoms with Crippen LogP contribution in [0.3, 0.4) is 0 Å². The zero-order valence-corrected chi connectivity index (χ0v) is 12.7. The second-order valence-corrected chi connectivity index (χ2v) is 5.38. The molecular weight excluding hydrogens is 297 g/mol. The number of carbonyl (C=O) groups excluding carboxylic acids is 2.